The first-order valence-corrected chi connectivity index (χ1v) is 5.54. The fourth-order valence-corrected chi connectivity index (χ4v) is 1.61. The largest absolute Gasteiger partial charge is 0.494 e. The second-order valence-corrected chi connectivity index (χ2v) is 4.29. The summed E-state index contributed by atoms with van der Waals surface area (Å²) < 4.78 is 5.66. The molecule has 0 aromatic heterocycles. The third kappa shape index (κ3) is 4.84. The molecule has 2 nitrogen and oxygen atoms in total. The topological polar surface area (TPSA) is 35.2 Å². The fraction of sp³-hybridized carbons (Fsp3) is 0.538. The summed E-state index contributed by atoms with van der Waals surface area (Å²) in [4.78, 5) is 0. The van der Waals surface area contributed by atoms with Crippen LogP contribution < -0.4 is 10.5 Å². The van der Waals surface area contributed by atoms with Crippen LogP contribution in [0.3, 0.4) is 0 Å². The van der Waals surface area contributed by atoms with Crippen LogP contribution in [0.4, 0.5) is 0 Å². The van der Waals surface area contributed by atoms with E-state index in [1.807, 2.05) is 6.92 Å². The summed E-state index contributed by atoms with van der Waals surface area (Å²) in [5, 5.41) is 0. The Morgan fingerprint density at radius 2 is 1.80 bits per heavy atom. The second-order valence-electron chi connectivity index (χ2n) is 4.29. The molecule has 15 heavy (non-hydrogen) atoms. The highest BCUT2D eigenvalue weighted by atomic mass is 16.5. The summed E-state index contributed by atoms with van der Waals surface area (Å²) in [6.45, 7) is 6.95. The number of benzene rings is 1. The molecule has 0 saturated heterocycles. The first kappa shape index (κ1) is 12.1. The highest BCUT2D eigenvalue weighted by molar-refractivity contribution is 5.32. The maximum absolute atomic E-state index is 5.66. The molecular weight excluding hydrogens is 186 g/mol. The molecule has 1 aromatic rings. The monoisotopic (exact) mass is 207 g/mol. The third-order valence-electron chi connectivity index (χ3n) is 2.27. The lowest BCUT2D eigenvalue weighted by Gasteiger charge is -2.09. The van der Waals surface area contributed by atoms with Crippen molar-refractivity contribution < 1.29 is 4.74 Å². The highest BCUT2D eigenvalue weighted by Crippen LogP contribution is 2.16. The van der Waals surface area contributed by atoms with Crippen molar-refractivity contribution in [3.63, 3.8) is 0 Å². The van der Waals surface area contributed by atoms with Gasteiger partial charge in [0.25, 0.3) is 0 Å². The zero-order chi connectivity index (χ0) is 11.3. The van der Waals surface area contributed by atoms with E-state index in [4.69, 9.17) is 10.5 Å². The van der Waals surface area contributed by atoms with Gasteiger partial charge in [-0.3, -0.25) is 0 Å². The number of nitrogens with two attached hydrogens (primary N) is 1. The highest BCUT2D eigenvalue weighted by Gasteiger charge is 1.98. The molecule has 0 radical (unpaired) electrons. The van der Waals surface area contributed by atoms with Crippen LogP contribution in [0.5, 0.6) is 5.75 Å². The molecule has 2 N–H and O–H groups in total. The van der Waals surface area contributed by atoms with E-state index < -0.39 is 0 Å². The normalized spacial score (nSPS) is 12.5. The Bertz CT molecular complexity index is 287. The molecule has 2 heteroatoms. The van der Waals surface area contributed by atoms with E-state index in [0.717, 1.165) is 25.2 Å². The average molecular weight is 207 g/mol. The lowest BCUT2D eigenvalue weighted by Crippen LogP contribution is -2.15. The van der Waals surface area contributed by atoms with Crippen molar-refractivity contribution in [2.24, 2.45) is 5.73 Å². The van der Waals surface area contributed by atoms with E-state index >= 15 is 0 Å². The van der Waals surface area contributed by atoms with Crippen LogP contribution in [0.25, 0.3) is 0 Å². The lowest BCUT2D eigenvalue weighted by molar-refractivity contribution is 0.302. The maximum Gasteiger partial charge on any atom is 0.119 e. The van der Waals surface area contributed by atoms with Gasteiger partial charge in [-0.15, -0.1) is 0 Å². The maximum atomic E-state index is 5.66. The van der Waals surface area contributed by atoms with E-state index in [1.54, 1.807) is 0 Å². The molecule has 0 aliphatic heterocycles. The van der Waals surface area contributed by atoms with E-state index in [1.165, 1.54) is 11.1 Å². The van der Waals surface area contributed by atoms with Gasteiger partial charge in [0.2, 0.25) is 0 Å². The predicted octanol–water partition coefficient (Wildman–Crippen LogP) is 2.81. The summed E-state index contributed by atoms with van der Waals surface area (Å²) >= 11 is 0. The molecule has 0 heterocycles. The molecule has 1 atom stereocenters. The molecule has 1 aromatic carbocycles. The third-order valence-corrected chi connectivity index (χ3v) is 2.27. The summed E-state index contributed by atoms with van der Waals surface area (Å²) in [5.74, 6) is 0.970. The minimum atomic E-state index is 0.271. The van der Waals surface area contributed by atoms with Crippen LogP contribution in [0.2, 0.25) is 0 Å². The predicted molar refractivity (Wildman–Crippen MR) is 64.3 cm³/mol. The summed E-state index contributed by atoms with van der Waals surface area (Å²) in [5.41, 5.74) is 8.16. The quantitative estimate of drug-likeness (QED) is 0.753. The Morgan fingerprint density at radius 1 is 1.20 bits per heavy atom. The van der Waals surface area contributed by atoms with E-state index in [0.29, 0.717) is 0 Å². The molecule has 0 aliphatic rings. The van der Waals surface area contributed by atoms with Gasteiger partial charge >= 0.3 is 0 Å². The van der Waals surface area contributed by atoms with Gasteiger partial charge in [-0.2, -0.15) is 0 Å². The molecule has 0 aliphatic carbocycles. The van der Waals surface area contributed by atoms with Crippen molar-refractivity contribution in [1.29, 1.82) is 0 Å². The van der Waals surface area contributed by atoms with Crippen LogP contribution in [0.15, 0.2) is 18.2 Å². The number of hydrogen-bond acceptors (Lipinski definition) is 2. The van der Waals surface area contributed by atoms with Gasteiger partial charge in [0.1, 0.15) is 5.75 Å². The summed E-state index contributed by atoms with van der Waals surface area (Å²) in [6.07, 6.45) is 2.04. The van der Waals surface area contributed by atoms with Crippen LogP contribution in [0, 0.1) is 13.8 Å². The SMILES string of the molecule is Cc1cc(C)cc(OCCCC(C)N)c1. The fourth-order valence-electron chi connectivity index (χ4n) is 1.61. The van der Waals surface area contributed by atoms with Crippen molar-refractivity contribution in [1.82, 2.24) is 0 Å². The molecule has 0 saturated carbocycles. The summed E-state index contributed by atoms with van der Waals surface area (Å²) in [6, 6.07) is 6.56. The molecule has 84 valence electrons. The Morgan fingerprint density at radius 3 is 2.33 bits per heavy atom. The van der Waals surface area contributed by atoms with E-state index in [-0.39, 0.29) is 6.04 Å². The Labute approximate surface area is 92.4 Å². The second kappa shape index (κ2) is 5.76. The van der Waals surface area contributed by atoms with Gasteiger partial charge < -0.3 is 10.5 Å². The van der Waals surface area contributed by atoms with Crippen LogP contribution in [-0.4, -0.2) is 12.6 Å². The van der Waals surface area contributed by atoms with Crippen molar-refractivity contribution in [3.05, 3.63) is 29.3 Å². The van der Waals surface area contributed by atoms with Crippen LogP contribution in [0.1, 0.15) is 30.9 Å². The van der Waals surface area contributed by atoms with Gasteiger partial charge in [0, 0.05) is 6.04 Å². The van der Waals surface area contributed by atoms with Crippen molar-refractivity contribution in [2.45, 2.75) is 39.7 Å². The molecule has 0 amide bonds. The summed E-state index contributed by atoms with van der Waals surface area (Å²) in [7, 11) is 0. The first-order chi connectivity index (χ1) is 7.08. The van der Waals surface area contributed by atoms with Crippen molar-refractivity contribution >= 4 is 0 Å². The molecule has 0 fully saturated rings. The zero-order valence-corrected chi connectivity index (χ0v) is 9.92. The number of aryl methyl sites for hydroxylation is 2. The molecule has 1 rings (SSSR count). The van der Waals surface area contributed by atoms with Gasteiger partial charge in [-0.25, -0.2) is 0 Å². The smallest absolute Gasteiger partial charge is 0.119 e. The zero-order valence-electron chi connectivity index (χ0n) is 9.92. The molecular formula is C13H21NO. The number of hydrogen-bond donors (Lipinski definition) is 1. The number of ether oxygens (including phenoxy) is 1. The minimum Gasteiger partial charge on any atom is -0.494 e. The van der Waals surface area contributed by atoms with E-state index in [9.17, 15) is 0 Å². The van der Waals surface area contributed by atoms with Crippen LogP contribution >= 0.6 is 0 Å². The van der Waals surface area contributed by atoms with Crippen molar-refractivity contribution in [3.8, 4) is 5.75 Å². The minimum absolute atomic E-state index is 0.271. The van der Waals surface area contributed by atoms with Gasteiger partial charge in [-0.1, -0.05) is 6.07 Å². The Balaban J connectivity index is 2.37. The Kier molecular flexibility index (Phi) is 4.63. The lowest BCUT2D eigenvalue weighted by atomic mass is 10.1. The molecule has 1 unspecified atom stereocenters. The molecule has 0 spiro atoms. The van der Waals surface area contributed by atoms with Gasteiger partial charge in [-0.05, 0) is 56.9 Å². The van der Waals surface area contributed by atoms with E-state index in [2.05, 4.69) is 32.0 Å². The average Bonchev–Trinajstić information content (AvgIpc) is 2.10. The molecule has 0 bridgehead atoms. The number of rotatable bonds is 5. The van der Waals surface area contributed by atoms with Gasteiger partial charge in [0.05, 0.1) is 6.61 Å². The van der Waals surface area contributed by atoms with Gasteiger partial charge in [0.15, 0.2) is 0 Å². The van der Waals surface area contributed by atoms with Crippen molar-refractivity contribution in [2.75, 3.05) is 6.61 Å². The first-order valence-electron chi connectivity index (χ1n) is 5.54. The Hall–Kier alpha value is -1.02. The van der Waals surface area contributed by atoms with Crippen LogP contribution in [-0.2, 0) is 0 Å². The standard InChI is InChI=1S/C13H21NO/c1-10-7-11(2)9-13(8-10)15-6-4-5-12(3)14/h7-9,12H,4-6,14H2,1-3H3.